The molecule has 5 heteroatoms. The molecule has 2 aromatic rings. The third-order valence-electron chi connectivity index (χ3n) is 4.21. The van der Waals surface area contributed by atoms with E-state index in [1.54, 1.807) is 12.1 Å². The number of hydrogen-bond acceptors (Lipinski definition) is 3. The van der Waals surface area contributed by atoms with Gasteiger partial charge in [-0.05, 0) is 31.9 Å². The molecule has 0 unspecified atom stereocenters. The van der Waals surface area contributed by atoms with Gasteiger partial charge >= 0.3 is 5.63 Å². The highest BCUT2D eigenvalue weighted by molar-refractivity contribution is 5.96. The van der Waals surface area contributed by atoms with Crippen LogP contribution >= 0.6 is 0 Å². The zero-order valence-electron chi connectivity index (χ0n) is 14.4. The molecule has 1 aromatic heterocycles. The second-order valence-corrected chi connectivity index (χ2v) is 5.74. The van der Waals surface area contributed by atoms with Gasteiger partial charge in [0.2, 0.25) is 0 Å². The fourth-order valence-electron chi connectivity index (χ4n) is 2.73. The van der Waals surface area contributed by atoms with E-state index >= 15 is 0 Å². The number of carbonyl (C=O) groups is 1. The van der Waals surface area contributed by atoms with E-state index in [1.165, 1.54) is 4.90 Å². The summed E-state index contributed by atoms with van der Waals surface area (Å²) in [5.74, 6) is -0.383. The Balaban J connectivity index is 2.20. The van der Waals surface area contributed by atoms with Crippen molar-refractivity contribution in [1.82, 2.24) is 5.32 Å². The Hall–Kier alpha value is -2.40. The standard InChI is InChI=1S/C19H24N2O3/c1-4-8-14-9-7-10-15-13-16(19(23)24-17(14)15)18(22)20-11-12-21(5-2)6-3/h4,7,9-10,13H,1,5-6,8,11-12H2,2-3H3,(H,20,22)/p+1. The van der Waals surface area contributed by atoms with Gasteiger partial charge in [0.1, 0.15) is 11.1 Å². The van der Waals surface area contributed by atoms with Crippen LogP contribution in [0.15, 0.2) is 46.1 Å². The van der Waals surface area contributed by atoms with Gasteiger partial charge in [-0.3, -0.25) is 4.79 Å². The molecular formula is C19H25N2O3+. The van der Waals surface area contributed by atoms with Crippen LogP contribution in [0.4, 0.5) is 0 Å². The molecule has 0 saturated carbocycles. The molecule has 5 nitrogen and oxygen atoms in total. The van der Waals surface area contributed by atoms with E-state index in [-0.39, 0.29) is 11.5 Å². The summed E-state index contributed by atoms with van der Waals surface area (Å²) >= 11 is 0. The number of likely N-dealkylation sites (N-methyl/N-ethyl adjacent to an activating group) is 1. The van der Waals surface area contributed by atoms with Crippen molar-refractivity contribution in [3.63, 3.8) is 0 Å². The quantitative estimate of drug-likeness (QED) is 0.565. The zero-order chi connectivity index (χ0) is 17.5. The summed E-state index contributed by atoms with van der Waals surface area (Å²) < 4.78 is 5.40. The van der Waals surface area contributed by atoms with Crippen molar-refractivity contribution in [2.75, 3.05) is 26.2 Å². The molecule has 0 saturated heterocycles. The van der Waals surface area contributed by atoms with Crippen LogP contribution in [0.5, 0.6) is 0 Å². The second-order valence-electron chi connectivity index (χ2n) is 5.74. The van der Waals surface area contributed by atoms with Crippen molar-refractivity contribution in [3.05, 3.63) is 58.5 Å². The Morgan fingerprint density at radius 3 is 2.75 bits per heavy atom. The molecule has 1 heterocycles. The lowest BCUT2D eigenvalue weighted by Gasteiger charge is -2.15. The summed E-state index contributed by atoms with van der Waals surface area (Å²) in [5, 5.41) is 3.55. The Bertz CT molecular complexity index is 776. The maximum absolute atomic E-state index is 12.3. The molecule has 2 N–H and O–H groups in total. The molecule has 0 aliphatic rings. The summed E-state index contributed by atoms with van der Waals surface area (Å²) in [6.45, 7) is 11.3. The molecule has 0 atom stereocenters. The predicted octanol–water partition coefficient (Wildman–Crippen LogP) is 1.18. The average Bonchev–Trinajstić information content (AvgIpc) is 2.59. The number of hydrogen-bond donors (Lipinski definition) is 2. The van der Waals surface area contributed by atoms with Crippen LogP contribution in [0, 0.1) is 0 Å². The lowest BCUT2D eigenvalue weighted by molar-refractivity contribution is -0.895. The minimum absolute atomic E-state index is 0.0489. The maximum Gasteiger partial charge on any atom is 0.349 e. The second kappa shape index (κ2) is 8.45. The third kappa shape index (κ3) is 4.11. The SMILES string of the molecule is C=CCc1cccc2cc(C(=O)NCC[NH+](CC)CC)c(=O)oc12. The van der Waals surface area contributed by atoms with Crippen molar-refractivity contribution < 1.29 is 14.1 Å². The first-order chi connectivity index (χ1) is 11.6. The Labute approximate surface area is 142 Å². The van der Waals surface area contributed by atoms with E-state index in [2.05, 4.69) is 25.7 Å². The van der Waals surface area contributed by atoms with Crippen molar-refractivity contribution >= 4 is 16.9 Å². The van der Waals surface area contributed by atoms with Crippen molar-refractivity contribution in [3.8, 4) is 0 Å². The number of rotatable bonds is 8. The van der Waals surface area contributed by atoms with Gasteiger partial charge in [0, 0.05) is 5.39 Å². The molecule has 0 spiro atoms. The van der Waals surface area contributed by atoms with E-state index in [0.717, 1.165) is 30.6 Å². The number of nitrogens with one attached hydrogen (secondary N) is 2. The molecule has 0 aliphatic carbocycles. The minimum atomic E-state index is -0.605. The Kier molecular flexibility index (Phi) is 6.32. The molecule has 0 radical (unpaired) electrons. The monoisotopic (exact) mass is 329 g/mol. The topological polar surface area (TPSA) is 63.8 Å². The highest BCUT2D eigenvalue weighted by Crippen LogP contribution is 2.19. The summed E-state index contributed by atoms with van der Waals surface area (Å²) in [6, 6.07) is 7.21. The highest BCUT2D eigenvalue weighted by Gasteiger charge is 2.15. The zero-order valence-corrected chi connectivity index (χ0v) is 14.4. The summed E-state index contributed by atoms with van der Waals surface area (Å²) in [5.41, 5.74) is 0.850. The van der Waals surface area contributed by atoms with Gasteiger partial charge in [-0.2, -0.15) is 0 Å². The fraction of sp³-hybridized carbons (Fsp3) is 0.368. The smallest absolute Gasteiger partial charge is 0.349 e. The minimum Gasteiger partial charge on any atom is -0.422 e. The first-order valence-corrected chi connectivity index (χ1v) is 8.39. The largest absolute Gasteiger partial charge is 0.422 e. The Morgan fingerprint density at radius 2 is 2.08 bits per heavy atom. The fourth-order valence-corrected chi connectivity index (χ4v) is 2.73. The number of benzene rings is 1. The van der Waals surface area contributed by atoms with E-state index in [0.29, 0.717) is 18.5 Å². The molecule has 1 amide bonds. The van der Waals surface area contributed by atoms with Gasteiger partial charge in [-0.15, -0.1) is 6.58 Å². The molecule has 24 heavy (non-hydrogen) atoms. The Morgan fingerprint density at radius 1 is 1.33 bits per heavy atom. The highest BCUT2D eigenvalue weighted by atomic mass is 16.4. The van der Waals surface area contributed by atoms with Crippen LogP contribution in [-0.4, -0.2) is 32.1 Å². The number of quaternary nitrogens is 1. The van der Waals surface area contributed by atoms with Crippen molar-refractivity contribution in [1.29, 1.82) is 0 Å². The van der Waals surface area contributed by atoms with E-state index in [1.807, 2.05) is 18.2 Å². The van der Waals surface area contributed by atoms with Gasteiger partial charge in [0.25, 0.3) is 5.91 Å². The molecular weight excluding hydrogens is 304 g/mol. The molecule has 0 aliphatic heterocycles. The maximum atomic E-state index is 12.3. The van der Waals surface area contributed by atoms with E-state index in [4.69, 9.17) is 4.42 Å². The normalized spacial score (nSPS) is 11.0. The molecule has 1 aromatic carbocycles. The van der Waals surface area contributed by atoms with E-state index < -0.39 is 5.63 Å². The van der Waals surface area contributed by atoms with Crippen LogP contribution < -0.4 is 15.8 Å². The van der Waals surface area contributed by atoms with Gasteiger partial charge in [0.15, 0.2) is 0 Å². The molecule has 0 bridgehead atoms. The van der Waals surface area contributed by atoms with Crippen LogP contribution in [0.1, 0.15) is 29.8 Å². The van der Waals surface area contributed by atoms with Crippen molar-refractivity contribution in [2.45, 2.75) is 20.3 Å². The van der Waals surface area contributed by atoms with Crippen LogP contribution in [0.3, 0.4) is 0 Å². The lowest BCUT2D eigenvalue weighted by Crippen LogP contribution is -3.12. The summed E-state index contributed by atoms with van der Waals surface area (Å²) in [7, 11) is 0. The number of fused-ring (bicyclic) bond motifs is 1. The average molecular weight is 329 g/mol. The number of carbonyl (C=O) groups excluding carboxylic acids is 1. The number of amides is 1. The van der Waals surface area contributed by atoms with Crippen LogP contribution in [0.2, 0.25) is 0 Å². The van der Waals surface area contributed by atoms with Gasteiger partial charge in [-0.25, -0.2) is 4.79 Å². The van der Waals surface area contributed by atoms with Gasteiger partial charge in [-0.1, -0.05) is 24.3 Å². The van der Waals surface area contributed by atoms with Crippen molar-refractivity contribution in [2.24, 2.45) is 0 Å². The van der Waals surface area contributed by atoms with E-state index in [9.17, 15) is 9.59 Å². The summed E-state index contributed by atoms with van der Waals surface area (Å²) in [6.07, 6.45) is 2.36. The first kappa shape index (κ1) is 17.9. The van der Waals surface area contributed by atoms with Gasteiger partial charge < -0.3 is 14.6 Å². The number of para-hydroxylation sites is 1. The molecule has 128 valence electrons. The van der Waals surface area contributed by atoms with Crippen LogP contribution in [0.25, 0.3) is 11.0 Å². The predicted molar refractivity (Wildman–Crippen MR) is 95.6 cm³/mol. The lowest BCUT2D eigenvalue weighted by atomic mass is 10.1. The molecule has 0 fully saturated rings. The molecule has 2 rings (SSSR count). The third-order valence-corrected chi connectivity index (χ3v) is 4.21. The first-order valence-electron chi connectivity index (χ1n) is 8.39. The number of allylic oxidation sites excluding steroid dienone is 1. The van der Waals surface area contributed by atoms with Gasteiger partial charge in [0.05, 0.1) is 26.2 Å². The van der Waals surface area contributed by atoms with Crippen LogP contribution in [-0.2, 0) is 6.42 Å². The summed E-state index contributed by atoms with van der Waals surface area (Å²) in [4.78, 5) is 25.9.